The van der Waals surface area contributed by atoms with Crippen molar-refractivity contribution in [3.05, 3.63) is 35.1 Å². The Bertz CT molecular complexity index is 341. The van der Waals surface area contributed by atoms with Crippen molar-refractivity contribution in [1.82, 2.24) is 0 Å². The molecule has 1 saturated carbocycles. The second-order valence-corrected chi connectivity index (χ2v) is 4.38. The van der Waals surface area contributed by atoms with E-state index in [0.29, 0.717) is 0 Å². The number of benzene rings is 1. The fourth-order valence-electron chi connectivity index (χ4n) is 2.12. The summed E-state index contributed by atoms with van der Waals surface area (Å²) in [5.41, 5.74) is 0.814. The van der Waals surface area contributed by atoms with E-state index in [9.17, 15) is 9.50 Å². The highest BCUT2D eigenvalue weighted by atomic mass is 19.1. The van der Waals surface area contributed by atoms with Crippen molar-refractivity contribution in [2.45, 2.75) is 32.3 Å². The van der Waals surface area contributed by atoms with E-state index in [1.165, 1.54) is 12.1 Å². The van der Waals surface area contributed by atoms with Crippen LogP contribution in [0.2, 0.25) is 0 Å². The molecule has 2 heteroatoms. The van der Waals surface area contributed by atoms with Gasteiger partial charge in [-0.3, -0.25) is 0 Å². The van der Waals surface area contributed by atoms with Crippen LogP contribution in [-0.2, 0) is 5.60 Å². The van der Waals surface area contributed by atoms with Gasteiger partial charge in [-0.1, -0.05) is 13.0 Å². The van der Waals surface area contributed by atoms with Crippen molar-refractivity contribution < 1.29 is 9.50 Å². The quantitative estimate of drug-likeness (QED) is 0.728. The van der Waals surface area contributed by atoms with Gasteiger partial charge in [0.05, 0.1) is 5.60 Å². The van der Waals surface area contributed by atoms with Gasteiger partial charge in [0.1, 0.15) is 5.82 Å². The fourth-order valence-corrected chi connectivity index (χ4v) is 2.12. The van der Waals surface area contributed by atoms with Crippen molar-refractivity contribution in [1.29, 1.82) is 0 Å². The van der Waals surface area contributed by atoms with Crippen LogP contribution in [0.1, 0.15) is 30.9 Å². The zero-order valence-corrected chi connectivity index (χ0v) is 8.55. The Balaban J connectivity index is 2.41. The summed E-state index contributed by atoms with van der Waals surface area (Å²) in [6, 6.07) is 4.80. The van der Waals surface area contributed by atoms with Crippen molar-refractivity contribution in [2.75, 3.05) is 0 Å². The predicted molar refractivity (Wildman–Crippen MR) is 53.4 cm³/mol. The third-order valence-electron chi connectivity index (χ3n) is 3.32. The molecule has 0 spiro atoms. The Hall–Kier alpha value is -0.890. The molecule has 1 aromatic rings. The van der Waals surface area contributed by atoms with Gasteiger partial charge in [0, 0.05) is 0 Å². The third-order valence-corrected chi connectivity index (χ3v) is 3.32. The van der Waals surface area contributed by atoms with Crippen molar-refractivity contribution >= 4 is 0 Å². The monoisotopic (exact) mass is 194 g/mol. The highest BCUT2D eigenvalue weighted by molar-refractivity contribution is 5.30. The van der Waals surface area contributed by atoms with Gasteiger partial charge < -0.3 is 5.11 Å². The van der Waals surface area contributed by atoms with Crippen LogP contribution in [0.3, 0.4) is 0 Å². The summed E-state index contributed by atoms with van der Waals surface area (Å²) < 4.78 is 13.1. The summed E-state index contributed by atoms with van der Waals surface area (Å²) in [4.78, 5) is 0. The van der Waals surface area contributed by atoms with Gasteiger partial charge in [-0.15, -0.1) is 0 Å². The molecule has 0 aliphatic heterocycles. The number of hydrogen-bond donors (Lipinski definition) is 1. The number of hydrogen-bond acceptors (Lipinski definition) is 1. The summed E-state index contributed by atoms with van der Waals surface area (Å²) in [6.45, 7) is 3.85. The van der Waals surface area contributed by atoms with Gasteiger partial charge in [0.2, 0.25) is 0 Å². The van der Waals surface area contributed by atoms with E-state index in [1.54, 1.807) is 0 Å². The lowest BCUT2D eigenvalue weighted by atomic mass is 9.66. The van der Waals surface area contributed by atoms with E-state index in [4.69, 9.17) is 0 Å². The summed E-state index contributed by atoms with van der Waals surface area (Å²) >= 11 is 0. The molecule has 0 aromatic heterocycles. The molecule has 1 aromatic carbocycles. The average Bonchev–Trinajstić information content (AvgIpc) is 2.12. The van der Waals surface area contributed by atoms with E-state index in [1.807, 2.05) is 19.9 Å². The standard InChI is InChI=1S/C12H15FO/c1-8-5-10(7-11(13)6-8)12(14)4-3-9(12)2/h5-7,9,14H,3-4H2,1-2H3. The van der Waals surface area contributed by atoms with E-state index in [-0.39, 0.29) is 11.7 Å². The maximum absolute atomic E-state index is 13.1. The topological polar surface area (TPSA) is 20.2 Å². The molecule has 2 unspecified atom stereocenters. The first-order valence-electron chi connectivity index (χ1n) is 5.02. The van der Waals surface area contributed by atoms with Gasteiger partial charge in [-0.2, -0.15) is 0 Å². The van der Waals surface area contributed by atoms with E-state index < -0.39 is 5.60 Å². The Kier molecular flexibility index (Phi) is 2.11. The SMILES string of the molecule is Cc1cc(F)cc(C2(O)CCC2C)c1. The van der Waals surface area contributed by atoms with Crippen LogP contribution >= 0.6 is 0 Å². The highest BCUT2D eigenvalue weighted by Crippen LogP contribution is 2.46. The smallest absolute Gasteiger partial charge is 0.123 e. The molecular formula is C12H15FO. The van der Waals surface area contributed by atoms with Crippen molar-refractivity contribution in [3.8, 4) is 0 Å². The number of aryl methyl sites for hydroxylation is 1. The molecule has 1 fully saturated rings. The van der Waals surface area contributed by atoms with Crippen molar-refractivity contribution in [2.24, 2.45) is 5.92 Å². The normalized spacial score (nSPS) is 31.3. The van der Waals surface area contributed by atoms with Gasteiger partial charge in [0.15, 0.2) is 0 Å². The van der Waals surface area contributed by atoms with Gasteiger partial charge in [-0.05, 0) is 48.9 Å². The number of rotatable bonds is 1. The molecule has 0 bridgehead atoms. The first-order valence-corrected chi connectivity index (χ1v) is 5.02. The maximum atomic E-state index is 13.1. The fraction of sp³-hybridized carbons (Fsp3) is 0.500. The molecule has 1 aliphatic carbocycles. The largest absolute Gasteiger partial charge is 0.385 e. The molecule has 0 saturated heterocycles. The first kappa shape index (κ1) is 9.66. The van der Waals surface area contributed by atoms with Gasteiger partial charge in [0.25, 0.3) is 0 Å². The molecule has 14 heavy (non-hydrogen) atoms. The zero-order chi connectivity index (χ0) is 10.3. The molecule has 1 N–H and O–H groups in total. The van der Waals surface area contributed by atoms with Crippen LogP contribution in [0.4, 0.5) is 4.39 Å². The molecular weight excluding hydrogens is 179 g/mol. The van der Waals surface area contributed by atoms with Crippen LogP contribution in [0.5, 0.6) is 0 Å². The Morgan fingerprint density at radius 3 is 2.57 bits per heavy atom. The molecule has 1 aliphatic rings. The highest BCUT2D eigenvalue weighted by Gasteiger charge is 2.43. The average molecular weight is 194 g/mol. The summed E-state index contributed by atoms with van der Waals surface area (Å²) in [5, 5.41) is 10.2. The minimum Gasteiger partial charge on any atom is -0.385 e. The summed E-state index contributed by atoms with van der Waals surface area (Å²) in [7, 11) is 0. The lowest BCUT2D eigenvalue weighted by Gasteiger charge is -2.44. The van der Waals surface area contributed by atoms with Gasteiger partial charge >= 0.3 is 0 Å². The molecule has 2 rings (SSSR count). The van der Waals surface area contributed by atoms with Crippen LogP contribution in [0.25, 0.3) is 0 Å². The zero-order valence-electron chi connectivity index (χ0n) is 8.55. The van der Waals surface area contributed by atoms with Crippen LogP contribution < -0.4 is 0 Å². The second-order valence-electron chi connectivity index (χ2n) is 4.38. The molecule has 76 valence electrons. The Morgan fingerprint density at radius 2 is 2.14 bits per heavy atom. The number of aliphatic hydroxyl groups is 1. The lowest BCUT2D eigenvalue weighted by molar-refractivity contribution is -0.0932. The second kappa shape index (κ2) is 3.06. The van der Waals surface area contributed by atoms with Crippen LogP contribution in [0, 0.1) is 18.7 Å². The number of halogens is 1. The van der Waals surface area contributed by atoms with E-state index in [2.05, 4.69) is 0 Å². The minimum atomic E-state index is -0.785. The Labute approximate surface area is 83.6 Å². The van der Waals surface area contributed by atoms with E-state index >= 15 is 0 Å². The molecule has 1 nitrogen and oxygen atoms in total. The van der Waals surface area contributed by atoms with Crippen LogP contribution in [-0.4, -0.2) is 5.11 Å². The molecule has 0 amide bonds. The summed E-state index contributed by atoms with van der Waals surface area (Å²) in [6.07, 6.45) is 1.77. The minimum absolute atomic E-state index is 0.240. The predicted octanol–water partition coefficient (Wildman–Crippen LogP) is 2.75. The maximum Gasteiger partial charge on any atom is 0.123 e. The van der Waals surface area contributed by atoms with Crippen molar-refractivity contribution in [3.63, 3.8) is 0 Å². The summed E-state index contributed by atoms with van der Waals surface area (Å²) in [5.74, 6) is -0.0174. The van der Waals surface area contributed by atoms with E-state index in [0.717, 1.165) is 24.0 Å². The molecule has 2 atom stereocenters. The van der Waals surface area contributed by atoms with Crippen LogP contribution in [0.15, 0.2) is 18.2 Å². The molecule has 0 heterocycles. The third kappa shape index (κ3) is 1.34. The lowest BCUT2D eigenvalue weighted by Crippen LogP contribution is -2.42. The molecule has 0 radical (unpaired) electrons. The Morgan fingerprint density at radius 1 is 1.43 bits per heavy atom. The van der Waals surface area contributed by atoms with Gasteiger partial charge in [-0.25, -0.2) is 4.39 Å². The first-order chi connectivity index (χ1) is 6.52.